The lowest BCUT2D eigenvalue weighted by Crippen LogP contribution is -2.37. The second kappa shape index (κ2) is 6.40. The molecule has 0 saturated carbocycles. The van der Waals surface area contributed by atoms with E-state index in [1.165, 1.54) is 0 Å². The summed E-state index contributed by atoms with van der Waals surface area (Å²) in [7, 11) is 0. The number of nitrogens with one attached hydrogen (secondary N) is 2. The Kier molecular flexibility index (Phi) is 5.39. The number of amides is 1. The number of benzene rings is 1. The number of carbonyl (C=O) groups is 1. The fourth-order valence-electron chi connectivity index (χ4n) is 1.83. The van der Waals surface area contributed by atoms with Gasteiger partial charge >= 0.3 is 0 Å². The van der Waals surface area contributed by atoms with Crippen LogP contribution in [0.15, 0.2) is 12.1 Å². The first-order chi connectivity index (χ1) is 8.69. The van der Waals surface area contributed by atoms with Crippen molar-refractivity contribution in [3.8, 4) is 0 Å². The highest BCUT2D eigenvalue weighted by Gasteiger charge is 2.12. The van der Waals surface area contributed by atoms with Gasteiger partial charge in [-0.25, -0.2) is 0 Å². The van der Waals surface area contributed by atoms with E-state index in [0.717, 1.165) is 11.1 Å². The molecule has 0 unspecified atom stereocenters. The number of aryl methyl sites for hydroxylation is 2. The van der Waals surface area contributed by atoms with Crippen LogP contribution in [0.5, 0.6) is 0 Å². The van der Waals surface area contributed by atoms with Crippen LogP contribution in [0, 0.1) is 13.8 Å². The van der Waals surface area contributed by atoms with Gasteiger partial charge in [-0.1, -0.05) is 17.7 Å². The zero-order valence-corrected chi connectivity index (χ0v) is 13.1. The monoisotopic (exact) mass is 282 g/mol. The van der Waals surface area contributed by atoms with Crippen LogP contribution in [0.25, 0.3) is 0 Å². The van der Waals surface area contributed by atoms with E-state index < -0.39 is 0 Å². The lowest BCUT2D eigenvalue weighted by Gasteiger charge is -2.20. The van der Waals surface area contributed by atoms with Crippen molar-refractivity contribution in [2.24, 2.45) is 0 Å². The number of halogens is 1. The van der Waals surface area contributed by atoms with E-state index in [2.05, 4.69) is 31.4 Å². The van der Waals surface area contributed by atoms with Crippen LogP contribution in [0.1, 0.15) is 38.3 Å². The summed E-state index contributed by atoms with van der Waals surface area (Å²) in [5.41, 5.74) is 2.82. The first-order valence-electron chi connectivity index (χ1n) is 6.50. The molecule has 0 spiro atoms. The molecule has 0 atom stereocenters. The number of rotatable bonds is 4. The first kappa shape index (κ1) is 16.0. The summed E-state index contributed by atoms with van der Waals surface area (Å²) in [6, 6.07) is 3.87. The Hall–Kier alpha value is -1.06. The maximum Gasteiger partial charge on any atom is 0.225 e. The highest BCUT2D eigenvalue weighted by atomic mass is 35.5. The molecule has 1 amide bonds. The Balaban J connectivity index is 2.58. The molecule has 19 heavy (non-hydrogen) atoms. The second-order valence-corrected chi connectivity index (χ2v) is 6.32. The molecule has 0 radical (unpaired) electrons. The Labute approximate surface area is 120 Å². The average Bonchev–Trinajstić information content (AvgIpc) is 2.21. The van der Waals surface area contributed by atoms with Crippen molar-refractivity contribution in [1.29, 1.82) is 0 Å². The van der Waals surface area contributed by atoms with Crippen molar-refractivity contribution >= 4 is 23.2 Å². The standard InChI is InChI=1S/C15H23ClN2O/c1-10-8-11(2)14(12(16)9-10)18-13(19)6-7-17-15(3,4)5/h8-9,17H,6-7H2,1-5H3,(H,18,19). The summed E-state index contributed by atoms with van der Waals surface area (Å²) in [5, 5.41) is 6.76. The maximum absolute atomic E-state index is 11.9. The van der Waals surface area contributed by atoms with Crippen molar-refractivity contribution < 1.29 is 4.79 Å². The molecule has 0 aliphatic heterocycles. The van der Waals surface area contributed by atoms with Crippen LogP contribution in [-0.2, 0) is 4.79 Å². The van der Waals surface area contributed by atoms with Gasteiger partial charge in [0.2, 0.25) is 5.91 Å². The third-order valence-electron chi connectivity index (χ3n) is 2.70. The summed E-state index contributed by atoms with van der Waals surface area (Å²) in [4.78, 5) is 11.9. The van der Waals surface area contributed by atoms with Gasteiger partial charge in [0.05, 0.1) is 10.7 Å². The fourth-order valence-corrected chi connectivity index (χ4v) is 2.20. The maximum atomic E-state index is 11.9. The predicted octanol–water partition coefficient (Wildman–Crippen LogP) is 3.67. The van der Waals surface area contributed by atoms with Crippen LogP contribution in [0.4, 0.5) is 5.69 Å². The fraction of sp³-hybridized carbons (Fsp3) is 0.533. The first-order valence-corrected chi connectivity index (χ1v) is 6.88. The Bertz CT molecular complexity index is 441. The Morgan fingerprint density at radius 1 is 1.26 bits per heavy atom. The van der Waals surface area contributed by atoms with Crippen molar-refractivity contribution in [3.63, 3.8) is 0 Å². The van der Waals surface area contributed by atoms with Crippen LogP contribution in [0.3, 0.4) is 0 Å². The molecule has 4 heteroatoms. The Morgan fingerprint density at radius 2 is 1.89 bits per heavy atom. The number of carbonyl (C=O) groups excluding carboxylic acids is 1. The van der Waals surface area contributed by atoms with Crippen molar-refractivity contribution in [2.45, 2.75) is 46.6 Å². The van der Waals surface area contributed by atoms with Gasteiger partial charge in [0.1, 0.15) is 0 Å². The summed E-state index contributed by atoms with van der Waals surface area (Å²) in [6.07, 6.45) is 0.431. The van der Waals surface area contributed by atoms with Crippen LogP contribution < -0.4 is 10.6 Å². The van der Waals surface area contributed by atoms with Gasteiger partial charge in [-0.2, -0.15) is 0 Å². The summed E-state index contributed by atoms with van der Waals surface area (Å²) in [6.45, 7) is 10.8. The Morgan fingerprint density at radius 3 is 2.42 bits per heavy atom. The molecule has 0 aliphatic rings. The lowest BCUT2D eigenvalue weighted by molar-refractivity contribution is -0.116. The van der Waals surface area contributed by atoms with Crippen LogP contribution in [-0.4, -0.2) is 18.0 Å². The molecule has 0 aromatic heterocycles. The third-order valence-corrected chi connectivity index (χ3v) is 3.00. The zero-order valence-electron chi connectivity index (χ0n) is 12.4. The molecule has 0 saturated heterocycles. The number of hydrogen-bond donors (Lipinski definition) is 2. The van der Waals surface area contributed by atoms with E-state index in [1.807, 2.05) is 26.0 Å². The third kappa shape index (κ3) is 5.62. The van der Waals surface area contributed by atoms with Crippen LogP contribution >= 0.6 is 11.6 Å². The van der Waals surface area contributed by atoms with Gasteiger partial charge < -0.3 is 10.6 Å². The van der Waals surface area contributed by atoms with Gasteiger partial charge in [-0.05, 0) is 51.8 Å². The molecule has 1 aromatic rings. The average molecular weight is 283 g/mol. The van der Waals surface area contributed by atoms with Crippen molar-refractivity contribution in [2.75, 3.05) is 11.9 Å². The summed E-state index contributed by atoms with van der Waals surface area (Å²) < 4.78 is 0. The SMILES string of the molecule is Cc1cc(C)c(NC(=O)CCNC(C)(C)C)c(Cl)c1. The van der Waals surface area contributed by atoms with E-state index in [1.54, 1.807) is 0 Å². The topological polar surface area (TPSA) is 41.1 Å². The van der Waals surface area contributed by atoms with Crippen molar-refractivity contribution in [1.82, 2.24) is 5.32 Å². The van der Waals surface area contributed by atoms with Gasteiger partial charge in [0, 0.05) is 18.5 Å². The lowest BCUT2D eigenvalue weighted by atomic mass is 10.1. The molecule has 0 heterocycles. The van der Waals surface area contributed by atoms with E-state index in [4.69, 9.17) is 11.6 Å². The van der Waals surface area contributed by atoms with Gasteiger partial charge in [0.25, 0.3) is 0 Å². The quantitative estimate of drug-likeness (QED) is 0.885. The molecular formula is C15H23ClN2O. The predicted molar refractivity (Wildman–Crippen MR) is 81.9 cm³/mol. The molecule has 106 valence electrons. The van der Waals surface area contributed by atoms with E-state index >= 15 is 0 Å². The second-order valence-electron chi connectivity index (χ2n) is 5.91. The van der Waals surface area contributed by atoms with E-state index in [9.17, 15) is 4.79 Å². The number of anilines is 1. The van der Waals surface area contributed by atoms with Gasteiger partial charge in [-0.3, -0.25) is 4.79 Å². The highest BCUT2D eigenvalue weighted by molar-refractivity contribution is 6.34. The molecule has 0 fully saturated rings. The number of hydrogen-bond acceptors (Lipinski definition) is 2. The smallest absolute Gasteiger partial charge is 0.225 e. The normalized spacial score (nSPS) is 11.5. The molecule has 1 rings (SSSR count). The largest absolute Gasteiger partial charge is 0.325 e. The minimum absolute atomic E-state index is 0.0226. The van der Waals surface area contributed by atoms with Crippen LogP contribution in [0.2, 0.25) is 5.02 Å². The van der Waals surface area contributed by atoms with Gasteiger partial charge in [0.15, 0.2) is 0 Å². The molecule has 3 nitrogen and oxygen atoms in total. The van der Waals surface area contributed by atoms with Gasteiger partial charge in [-0.15, -0.1) is 0 Å². The van der Waals surface area contributed by atoms with Crippen molar-refractivity contribution in [3.05, 3.63) is 28.3 Å². The molecular weight excluding hydrogens is 260 g/mol. The minimum Gasteiger partial charge on any atom is -0.325 e. The molecule has 0 aliphatic carbocycles. The summed E-state index contributed by atoms with van der Waals surface area (Å²) in [5.74, 6) is -0.0226. The molecule has 2 N–H and O–H groups in total. The zero-order chi connectivity index (χ0) is 14.6. The molecule has 0 bridgehead atoms. The highest BCUT2D eigenvalue weighted by Crippen LogP contribution is 2.27. The van der Waals surface area contributed by atoms with E-state index in [0.29, 0.717) is 23.7 Å². The summed E-state index contributed by atoms with van der Waals surface area (Å²) >= 11 is 6.16. The van der Waals surface area contributed by atoms with E-state index in [-0.39, 0.29) is 11.4 Å². The molecule has 1 aromatic carbocycles. The minimum atomic E-state index is -0.0226.